The fourth-order valence-electron chi connectivity index (χ4n) is 2.02. The summed E-state index contributed by atoms with van der Waals surface area (Å²) in [4.78, 5) is 6.44. The number of hydrogen-bond donors (Lipinski definition) is 2. The highest BCUT2D eigenvalue weighted by Gasteiger charge is 2.23. The fraction of sp³-hybridized carbons (Fsp3) is 0.500. The Morgan fingerprint density at radius 1 is 1.37 bits per heavy atom. The second-order valence-electron chi connectivity index (χ2n) is 4.91. The normalized spacial score (nSPS) is 20.1. The molecule has 5 heteroatoms. The summed E-state index contributed by atoms with van der Waals surface area (Å²) in [6.45, 7) is 3.93. The summed E-state index contributed by atoms with van der Waals surface area (Å²) in [6.07, 6.45) is 0. The Labute approximate surface area is 118 Å². The van der Waals surface area contributed by atoms with Gasteiger partial charge in [-0.25, -0.2) is 4.99 Å². The van der Waals surface area contributed by atoms with E-state index in [-0.39, 0.29) is 6.54 Å². The van der Waals surface area contributed by atoms with Gasteiger partial charge in [-0.15, -0.1) is 0 Å². The Balaban J connectivity index is 2.00. The van der Waals surface area contributed by atoms with Crippen LogP contribution in [0.15, 0.2) is 35.3 Å². The number of hydrogen-bond acceptors (Lipinski definition) is 3. The van der Waals surface area contributed by atoms with Crippen LogP contribution in [0.3, 0.4) is 0 Å². The molecule has 0 spiro atoms. The van der Waals surface area contributed by atoms with Crippen molar-refractivity contribution in [1.82, 2.24) is 4.90 Å². The van der Waals surface area contributed by atoms with Crippen molar-refractivity contribution < 1.29 is 5.11 Å². The molecule has 1 aromatic carbocycles. The third kappa shape index (κ3) is 3.88. The van der Waals surface area contributed by atoms with E-state index >= 15 is 0 Å². The summed E-state index contributed by atoms with van der Waals surface area (Å²) in [5, 5.41) is 10.4. The first-order valence-electron chi connectivity index (χ1n) is 6.50. The molecule has 0 amide bonds. The topological polar surface area (TPSA) is 61.9 Å². The maximum Gasteiger partial charge on any atom is 0.191 e. The summed E-state index contributed by atoms with van der Waals surface area (Å²) >= 11 is 1.93. The van der Waals surface area contributed by atoms with Crippen LogP contribution in [0, 0.1) is 0 Å². The molecule has 0 aromatic heterocycles. The van der Waals surface area contributed by atoms with Crippen molar-refractivity contribution in [1.29, 1.82) is 0 Å². The molecule has 1 fully saturated rings. The number of nitrogens with zero attached hydrogens (tertiary/aromatic N) is 2. The highest BCUT2D eigenvalue weighted by atomic mass is 32.2. The zero-order valence-electron chi connectivity index (χ0n) is 11.2. The molecule has 1 heterocycles. The number of rotatable bonds is 3. The average Bonchev–Trinajstić information content (AvgIpc) is 2.47. The highest BCUT2D eigenvalue weighted by molar-refractivity contribution is 7.99. The van der Waals surface area contributed by atoms with Crippen LogP contribution in [-0.4, -0.2) is 47.1 Å². The highest BCUT2D eigenvalue weighted by Crippen LogP contribution is 2.20. The van der Waals surface area contributed by atoms with Gasteiger partial charge in [0, 0.05) is 24.6 Å². The quantitative estimate of drug-likeness (QED) is 0.646. The molecule has 0 saturated carbocycles. The van der Waals surface area contributed by atoms with Gasteiger partial charge in [0.2, 0.25) is 0 Å². The van der Waals surface area contributed by atoms with E-state index in [2.05, 4.69) is 9.89 Å². The molecule has 1 aliphatic rings. The second-order valence-corrected chi connectivity index (χ2v) is 6.14. The van der Waals surface area contributed by atoms with Crippen molar-refractivity contribution in [2.45, 2.75) is 12.5 Å². The third-order valence-electron chi connectivity index (χ3n) is 3.28. The van der Waals surface area contributed by atoms with Gasteiger partial charge in [0.25, 0.3) is 0 Å². The molecule has 1 aliphatic heterocycles. The SMILES string of the molecule is CC(O)(CN=C(N)N1CCSCC1)c1ccccc1. The molecule has 1 saturated heterocycles. The molecular formula is C14H21N3OS. The Morgan fingerprint density at radius 3 is 2.63 bits per heavy atom. The Bertz CT molecular complexity index is 428. The number of aliphatic hydroxyl groups is 1. The molecule has 0 aliphatic carbocycles. The third-order valence-corrected chi connectivity index (χ3v) is 4.22. The molecule has 0 bridgehead atoms. The zero-order valence-corrected chi connectivity index (χ0v) is 12.1. The van der Waals surface area contributed by atoms with Gasteiger partial charge in [-0.2, -0.15) is 11.8 Å². The summed E-state index contributed by atoms with van der Waals surface area (Å²) in [5.41, 5.74) is 5.88. The predicted octanol–water partition coefficient (Wildman–Crippen LogP) is 1.26. The lowest BCUT2D eigenvalue weighted by molar-refractivity contribution is 0.0671. The number of aliphatic imine (C=N–C) groups is 1. The zero-order chi connectivity index (χ0) is 13.7. The molecule has 2 rings (SSSR count). The fourth-order valence-corrected chi connectivity index (χ4v) is 2.92. The molecular weight excluding hydrogens is 258 g/mol. The number of nitrogens with two attached hydrogens (primary N) is 1. The minimum absolute atomic E-state index is 0.284. The maximum atomic E-state index is 10.4. The minimum Gasteiger partial charge on any atom is -0.384 e. The van der Waals surface area contributed by atoms with Crippen LogP contribution in [0.1, 0.15) is 12.5 Å². The molecule has 19 heavy (non-hydrogen) atoms. The van der Waals surface area contributed by atoms with Crippen LogP contribution in [0.25, 0.3) is 0 Å². The van der Waals surface area contributed by atoms with E-state index in [9.17, 15) is 5.11 Å². The van der Waals surface area contributed by atoms with Gasteiger partial charge >= 0.3 is 0 Å². The van der Waals surface area contributed by atoms with Crippen LogP contribution in [0.4, 0.5) is 0 Å². The van der Waals surface area contributed by atoms with Crippen molar-refractivity contribution in [2.24, 2.45) is 10.7 Å². The van der Waals surface area contributed by atoms with E-state index in [1.165, 1.54) is 0 Å². The predicted molar refractivity (Wildman–Crippen MR) is 81.4 cm³/mol. The largest absolute Gasteiger partial charge is 0.384 e. The van der Waals surface area contributed by atoms with Crippen LogP contribution >= 0.6 is 11.8 Å². The van der Waals surface area contributed by atoms with Gasteiger partial charge in [-0.3, -0.25) is 0 Å². The van der Waals surface area contributed by atoms with Crippen molar-refractivity contribution >= 4 is 17.7 Å². The Kier molecular flexibility index (Phi) is 4.71. The van der Waals surface area contributed by atoms with Gasteiger partial charge in [0.15, 0.2) is 5.96 Å². The molecule has 1 aromatic rings. The maximum absolute atomic E-state index is 10.4. The minimum atomic E-state index is -0.976. The van der Waals surface area contributed by atoms with Crippen molar-refractivity contribution in [3.8, 4) is 0 Å². The lowest BCUT2D eigenvalue weighted by Crippen LogP contribution is -2.43. The lowest BCUT2D eigenvalue weighted by atomic mass is 9.96. The number of guanidine groups is 1. The van der Waals surface area contributed by atoms with Crippen molar-refractivity contribution in [3.05, 3.63) is 35.9 Å². The second kappa shape index (κ2) is 6.30. The lowest BCUT2D eigenvalue weighted by Gasteiger charge is -2.28. The molecule has 1 atom stereocenters. The molecule has 4 nitrogen and oxygen atoms in total. The number of thioether (sulfide) groups is 1. The Hall–Kier alpha value is -1.20. The summed E-state index contributed by atoms with van der Waals surface area (Å²) in [5.74, 6) is 2.72. The first kappa shape index (κ1) is 14.2. The molecule has 0 radical (unpaired) electrons. The van der Waals surface area contributed by atoms with Gasteiger partial charge in [0.1, 0.15) is 5.60 Å². The van der Waals surface area contributed by atoms with Gasteiger partial charge < -0.3 is 15.7 Å². The van der Waals surface area contributed by atoms with E-state index in [0.717, 1.165) is 30.2 Å². The van der Waals surface area contributed by atoms with Crippen molar-refractivity contribution in [3.63, 3.8) is 0 Å². The van der Waals surface area contributed by atoms with E-state index in [1.54, 1.807) is 6.92 Å². The average molecular weight is 279 g/mol. The van der Waals surface area contributed by atoms with Crippen LogP contribution < -0.4 is 5.73 Å². The van der Waals surface area contributed by atoms with Crippen LogP contribution in [0.5, 0.6) is 0 Å². The standard InChI is InChI=1S/C14H21N3OS/c1-14(18,12-5-3-2-4-6-12)11-16-13(15)17-7-9-19-10-8-17/h2-6,18H,7-11H2,1H3,(H2,15,16). The van der Waals surface area contributed by atoms with Crippen LogP contribution in [-0.2, 0) is 5.60 Å². The van der Waals surface area contributed by atoms with Crippen LogP contribution in [0.2, 0.25) is 0 Å². The monoisotopic (exact) mass is 279 g/mol. The van der Waals surface area contributed by atoms with Gasteiger partial charge in [-0.05, 0) is 12.5 Å². The van der Waals surface area contributed by atoms with Gasteiger partial charge in [0.05, 0.1) is 6.54 Å². The molecule has 1 unspecified atom stereocenters. The van der Waals surface area contributed by atoms with E-state index in [4.69, 9.17) is 5.73 Å². The molecule has 104 valence electrons. The van der Waals surface area contributed by atoms with E-state index in [0.29, 0.717) is 5.96 Å². The first-order valence-corrected chi connectivity index (χ1v) is 7.65. The molecule has 3 N–H and O–H groups in total. The first-order chi connectivity index (χ1) is 9.09. The summed E-state index contributed by atoms with van der Waals surface area (Å²) < 4.78 is 0. The van der Waals surface area contributed by atoms with Crippen molar-refractivity contribution in [2.75, 3.05) is 31.1 Å². The summed E-state index contributed by atoms with van der Waals surface area (Å²) in [7, 11) is 0. The Morgan fingerprint density at radius 2 is 2.00 bits per heavy atom. The number of benzene rings is 1. The van der Waals surface area contributed by atoms with Gasteiger partial charge in [-0.1, -0.05) is 30.3 Å². The summed E-state index contributed by atoms with van der Waals surface area (Å²) in [6, 6.07) is 9.58. The van der Waals surface area contributed by atoms with E-state index in [1.807, 2.05) is 42.1 Å². The van der Waals surface area contributed by atoms with E-state index < -0.39 is 5.60 Å². The smallest absolute Gasteiger partial charge is 0.191 e.